The first-order valence-corrected chi connectivity index (χ1v) is 9.93. The van der Waals surface area contributed by atoms with Gasteiger partial charge in [-0.2, -0.15) is 0 Å². The molecule has 0 radical (unpaired) electrons. The SMILES string of the molecule is CCCCc1nccc2nc(-c3ccc(CN)cc3)c(-c3ccccc3)cc12.Cl. The Morgan fingerprint density at radius 1 is 0.897 bits per heavy atom. The summed E-state index contributed by atoms with van der Waals surface area (Å²) in [5, 5.41) is 1.15. The van der Waals surface area contributed by atoms with Crippen molar-refractivity contribution in [3.63, 3.8) is 0 Å². The number of hydrogen-bond donors (Lipinski definition) is 1. The summed E-state index contributed by atoms with van der Waals surface area (Å²) in [6.45, 7) is 2.76. The topological polar surface area (TPSA) is 51.8 Å². The fourth-order valence-corrected chi connectivity index (χ4v) is 3.55. The van der Waals surface area contributed by atoms with Gasteiger partial charge in [-0.1, -0.05) is 67.9 Å². The molecule has 0 bridgehead atoms. The van der Waals surface area contributed by atoms with E-state index in [4.69, 9.17) is 10.7 Å². The van der Waals surface area contributed by atoms with E-state index in [9.17, 15) is 0 Å². The Labute approximate surface area is 178 Å². The number of nitrogens with two attached hydrogens (primary N) is 1. The molecule has 0 aliphatic rings. The van der Waals surface area contributed by atoms with Gasteiger partial charge in [0.1, 0.15) is 0 Å². The maximum atomic E-state index is 5.77. The minimum Gasteiger partial charge on any atom is -0.326 e. The van der Waals surface area contributed by atoms with E-state index in [-0.39, 0.29) is 12.4 Å². The van der Waals surface area contributed by atoms with Gasteiger partial charge >= 0.3 is 0 Å². The molecule has 0 aliphatic heterocycles. The van der Waals surface area contributed by atoms with Crippen molar-refractivity contribution >= 4 is 23.3 Å². The molecular weight excluding hydrogens is 378 g/mol. The summed E-state index contributed by atoms with van der Waals surface area (Å²) in [5.74, 6) is 0. The lowest BCUT2D eigenvalue weighted by Gasteiger charge is -2.13. The van der Waals surface area contributed by atoms with E-state index in [1.165, 1.54) is 5.56 Å². The van der Waals surface area contributed by atoms with Crippen molar-refractivity contribution in [3.05, 3.63) is 84.2 Å². The number of fused-ring (bicyclic) bond motifs is 1. The Morgan fingerprint density at radius 3 is 2.34 bits per heavy atom. The molecule has 148 valence electrons. The summed E-state index contributed by atoms with van der Waals surface area (Å²) in [7, 11) is 0. The lowest BCUT2D eigenvalue weighted by Crippen LogP contribution is -1.98. The molecule has 2 N–H and O–H groups in total. The first-order valence-electron chi connectivity index (χ1n) is 9.93. The second-order valence-electron chi connectivity index (χ2n) is 7.08. The Kier molecular flexibility index (Phi) is 6.97. The van der Waals surface area contributed by atoms with Crippen molar-refractivity contribution in [1.82, 2.24) is 9.97 Å². The molecule has 2 aromatic heterocycles. The number of aryl methyl sites for hydroxylation is 1. The average molecular weight is 404 g/mol. The number of hydrogen-bond acceptors (Lipinski definition) is 3. The van der Waals surface area contributed by atoms with E-state index in [1.54, 1.807) is 0 Å². The molecule has 0 fully saturated rings. The van der Waals surface area contributed by atoms with E-state index in [1.807, 2.05) is 18.3 Å². The molecule has 0 saturated carbocycles. The van der Waals surface area contributed by atoms with Crippen LogP contribution in [0.25, 0.3) is 33.3 Å². The molecule has 29 heavy (non-hydrogen) atoms. The highest BCUT2D eigenvalue weighted by Gasteiger charge is 2.13. The number of nitrogens with zero attached hydrogens (tertiary/aromatic N) is 2. The Balaban J connectivity index is 0.00000240. The summed E-state index contributed by atoms with van der Waals surface area (Å²) in [5.41, 5.74) is 13.4. The zero-order valence-corrected chi connectivity index (χ0v) is 17.5. The van der Waals surface area contributed by atoms with Crippen LogP contribution in [0.15, 0.2) is 72.9 Å². The molecule has 2 heterocycles. The van der Waals surface area contributed by atoms with Crippen LogP contribution in [0.2, 0.25) is 0 Å². The molecule has 4 heteroatoms. The molecule has 0 aliphatic carbocycles. The predicted molar refractivity (Wildman–Crippen MR) is 124 cm³/mol. The third-order valence-corrected chi connectivity index (χ3v) is 5.14. The van der Waals surface area contributed by atoms with E-state index in [0.717, 1.165) is 58.2 Å². The van der Waals surface area contributed by atoms with Crippen molar-refractivity contribution in [3.8, 4) is 22.4 Å². The van der Waals surface area contributed by atoms with Gasteiger partial charge < -0.3 is 5.73 Å². The minimum absolute atomic E-state index is 0. The molecular formula is C25H26ClN3. The van der Waals surface area contributed by atoms with Crippen molar-refractivity contribution in [2.45, 2.75) is 32.7 Å². The van der Waals surface area contributed by atoms with Crippen LogP contribution in [0.1, 0.15) is 31.0 Å². The van der Waals surface area contributed by atoms with Gasteiger partial charge in [0.05, 0.1) is 11.2 Å². The number of pyridine rings is 2. The number of benzene rings is 2. The van der Waals surface area contributed by atoms with Crippen molar-refractivity contribution < 1.29 is 0 Å². The van der Waals surface area contributed by atoms with Crippen LogP contribution in [0, 0.1) is 0 Å². The van der Waals surface area contributed by atoms with Crippen LogP contribution in [-0.4, -0.2) is 9.97 Å². The van der Waals surface area contributed by atoms with Gasteiger partial charge in [0, 0.05) is 34.9 Å². The van der Waals surface area contributed by atoms with Crippen molar-refractivity contribution in [2.75, 3.05) is 0 Å². The molecule has 0 saturated heterocycles. The Morgan fingerprint density at radius 2 is 1.66 bits per heavy atom. The highest BCUT2D eigenvalue weighted by atomic mass is 35.5. The molecule has 0 amide bonds. The fourth-order valence-electron chi connectivity index (χ4n) is 3.55. The minimum atomic E-state index is 0. The van der Waals surface area contributed by atoms with Crippen LogP contribution in [0.5, 0.6) is 0 Å². The molecule has 4 aromatic rings. The van der Waals surface area contributed by atoms with Crippen LogP contribution in [0.4, 0.5) is 0 Å². The summed E-state index contributed by atoms with van der Waals surface area (Å²) >= 11 is 0. The van der Waals surface area contributed by atoms with Gasteiger partial charge in [0.25, 0.3) is 0 Å². The second-order valence-corrected chi connectivity index (χ2v) is 7.08. The van der Waals surface area contributed by atoms with Gasteiger partial charge in [-0.05, 0) is 36.1 Å². The van der Waals surface area contributed by atoms with Gasteiger partial charge in [0.2, 0.25) is 0 Å². The first-order chi connectivity index (χ1) is 13.8. The van der Waals surface area contributed by atoms with Gasteiger partial charge in [-0.15, -0.1) is 12.4 Å². The summed E-state index contributed by atoms with van der Waals surface area (Å²) < 4.78 is 0. The maximum absolute atomic E-state index is 5.77. The van der Waals surface area contributed by atoms with Gasteiger partial charge in [0.15, 0.2) is 0 Å². The van der Waals surface area contributed by atoms with Crippen LogP contribution >= 0.6 is 12.4 Å². The first kappa shape index (κ1) is 21.0. The average Bonchev–Trinajstić information content (AvgIpc) is 2.77. The van der Waals surface area contributed by atoms with Crippen molar-refractivity contribution in [2.24, 2.45) is 5.73 Å². The van der Waals surface area contributed by atoms with E-state index < -0.39 is 0 Å². The van der Waals surface area contributed by atoms with Crippen LogP contribution in [0.3, 0.4) is 0 Å². The van der Waals surface area contributed by atoms with Crippen molar-refractivity contribution in [1.29, 1.82) is 0 Å². The molecule has 2 aromatic carbocycles. The standard InChI is InChI=1S/C25H25N3.ClH/c1-2-3-9-23-22-16-21(19-7-5-4-6-8-19)25(28-24(22)14-15-27-23)20-12-10-18(17-26)11-13-20;/h4-8,10-16H,2-3,9,17,26H2,1H3;1H. The van der Waals surface area contributed by atoms with E-state index >= 15 is 0 Å². The fraction of sp³-hybridized carbons (Fsp3) is 0.200. The third kappa shape index (κ3) is 4.47. The van der Waals surface area contributed by atoms with E-state index in [0.29, 0.717) is 6.54 Å². The maximum Gasteiger partial charge on any atom is 0.0788 e. The quantitative estimate of drug-likeness (QED) is 0.417. The molecule has 0 atom stereocenters. The highest BCUT2D eigenvalue weighted by molar-refractivity contribution is 5.92. The normalized spacial score (nSPS) is 10.7. The zero-order chi connectivity index (χ0) is 19.3. The molecule has 0 unspecified atom stereocenters. The number of halogens is 1. The largest absolute Gasteiger partial charge is 0.326 e. The molecule has 4 rings (SSSR count). The summed E-state index contributed by atoms with van der Waals surface area (Å²) in [6, 6.07) is 23.1. The van der Waals surface area contributed by atoms with E-state index in [2.05, 4.69) is 66.5 Å². The predicted octanol–water partition coefficient (Wildman–Crippen LogP) is 6.19. The third-order valence-electron chi connectivity index (χ3n) is 5.14. The zero-order valence-electron chi connectivity index (χ0n) is 16.6. The van der Waals surface area contributed by atoms with Crippen LogP contribution < -0.4 is 5.73 Å². The lowest BCUT2D eigenvalue weighted by molar-refractivity contribution is 0.782. The summed E-state index contributed by atoms with van der Waals surface area (Å²) in [4.78, 5) is 9.73. The highest BCUT2D eigenvalue weighted by Crippen LogP contribution is 2.34. The lowest BCUT2D eigenvalue weighted by atomic mass is 9.96. The Hall–Kier alpha value is -2.75. The summed E-state index contributed by atoms with van der Waals surface area (Å²) in [6.07, 6.45) is 5.15. The number of aromatic nitrogens is 2. The van der Waals surface area contributed by atoms with Gasteiger partial charge in [-0.3, -0.25) is 4.98 Å². The monoisotopic (exact) mass is 403 g/mol. The molecule has 0 spiro atoms. The Bertz CT molecular complexity index is 1080. The van der Waals surface area contributed by atoms with Gasteiger partial charge in [-0.25, -0.2) is 4.98 Å². The molecule has 3 nitrogen and oxygen atoms in total. The smallest absolute Gasteiger partial charge is 0.0788 e. The number of rotatable bonds is 6. The number of unbranched alkanes of at least 4 members (excludes halogenated alkanes) is 1. The second kappa shape index (κ2) is 9.64. The van der Waals surface area contributed by atoms with Crippen LogP contribution in [-0.2, 0) is 13.0 Å².